The number of aliphatic hydroxyl groups excluding tert-OH is 1. The first-order valence-corrected chi connectivity index (χ1v) is 16.1. The SMILES string of the molecule is CCNc1cc(C(=O)N[C@@H](Cc2ccccc2)[C@H](O)CNC23CCC(CC2)C3)cc(N2CCCCS2(=O)=O)c1. The average Bonchev–Trinajstić information content (AvgIpc) is 3.53. The fourth-order valence-corrected chi connectivity index (χ4v) is 8.20. The van der Waals surface area contributed by atoms with Crippen LogP contribution in [0.25, 0.3) is 0 Å². The molecule has 2 aromatic rings. The summed E-state index contributed by atoms with van der Waals surface area (Å²) < 4.78 is 27.0. The van der Waals surface area contributed by atoms with Crippen molar-refractivity contribution >= 4 is 27.3 Å². The molecule has 2 aromatic carbocycles. The van der Waals surface area contributed by atoms with Gasteiger partial charge in [0.1, 0.15) is 0 Å². The van der Waals surface area contributed by atoms with Crippen LogP contribution < -0.4 is 20.3 Å². The number of aliphatic hydroxyl groups is 1. The molecule has 2 bridgehead atoms. The van der Waals surface area contributed by atoms with Crippen LogP contribution in [0.4, 0.5) is 11.4 Å². The third-order valence-corrected chi connectivity index (χ3v) is 10.6. The highest BCUT2D eigenvalue weighted by Gasteiger charge is 2.44. The molecule has 2 saturated carbocycles. The van der Waals surface area contributed by atoms with Crippen LogP contribution in [-0.4, -0.2) is 62.5 Å². The van der Waals surface area contributed by atoms with Gasteiger partial charge in [-0.2, -0.15) is 0 Å². The molecule has 3 aliphatic rings. The summed E-state index contributed by atoms with van der Waals surface area (Å²) in [5, 5.41) is 21.3. The lowest BCUT2D eigenvalue weighted by molar-refractivity contribution is 0.0808. The normalized spacial score (nSPS) is 25.3. The second-order valence-electron chi connectivity index (χ2n) is 11.5. The first kappa shape index (κ1) is 27.9. The fourth-order valence-electron chi connectivity index (χ4n) is 6.58. The molecule has 0 aromatic heterocycles. The summed E-state index contributed by atoms with van der Waals surface area (Å²) in [6.07, 6.45) is 7.14. The zero-order chi connectivity index (χ0) is 27.5. The summed E-state index contributed by atoms with van der Waals surface area (Å²) in [6, 6.07) is 14.6. The quantitative estimate of drug-likeness (QED) is 0.337. The second kappa shape index (κ2) is 11.9. The van der Waals surface area contributed by atoms with Gasteiger partial charge < -0.3 is 21.1 Å². The number of benzene rings is 2. The van der Waals surface area contributed by atoms with Crippen molar-refractivity contribution in [3.8, 4) is 0 Å². The first-order valence-electron chi connectivity index (χ1n) is 14.4. The molecule has 2 aliphatic carbocycles. The Bertz CT molecular complexity index is 1240. The van der Waals surface area contributed by atoms with E-state index in [1.165, 1.54) is 23.6 Å². The number of β-amino-alcohol motifs (C(OH)–C–C–N with tert-alkyl or cyclic N) is 1. The molecule has 0 radical (unpaired) electrons. The molecule has 1 amide bonds. The third-order valence-electron chi connectivity index (χ3n) is 8.71. The van der Waals surface area contributed by atoms with Gasteiger partial charge in [0.25, 0.3) is 5.91 Å². The predicted molar refractivity (Wildman–Crippen MR) is 156 cm³/mol. The Morgan fingerprint density at radius 3 is 2.56 bits per heavy atom. The molecule has 1 aliphatic heterocycles. The molecular formula is C30H42N4O4S. The topological polar surface area (TPSA) is 111 Å². The predicted octanol–water partition coefficient (Wildman–Crippen LogP) is 3.67. The van der Waals surface area contributed by atoms with Crippen LogP contribution in [0.1, 0.15) is 67.8 Å². The van der Waals surface area contributed by atoms with Gasteiger partial charge in [0.15, 0.2) is 0 Å². The Labute approximate surface area is 232 Å². The van der Waals surface area contributed by atoms with Crippen LogP contribution in [0, 0.1) is 5.92 Å². The van der Waals surface area contributed by atoms with Gasteiger partial charge in [-0.25, -0.2) is 8.42 Å². The van der Waals surface area contributed by atoms with Gasteiger partial charge in [-0.3, -0.25) is 9.10 Å². The number of amides is 1. The lowest BCUT2D eigenvalue weighted by Gasteiger charge is -2.32. The van der Waals surface area contributed by atoms with E-state index in [9.17, 15) is 18.3 Å². The van der Waals surface area contributed by atoms with E-state index < -0.39 is 22.2 Å². The molecule has 0 unspecified atom stereocenters. The first-order chi connectivity index (χ1) is 18.8. The highest BCUT2D eigenvalue weighted by molar-refractivity contribution is 7.92. The molecule has 1 heterocycles. The van der Waals surface area contributed by atoms with Gasteiger partial charge in [0.2, 0.25) is 10.0 Å². The Morgan fingerprint density at radius 1 is 1.13 bits per heavy atom. The summed E-state index contributed by atoms with van der Waals surface area (Å²) in [7, 11) is -3.42. The van der Waals surface area contributed by atoms with E-state index in [0.29, 0.717) is 49.4 Å². The van der Waals surface area contributed by atoms with E-state index in [-0.39, 0.29) is 17.2 Å². The highest BCUT2D eigenvalue weighted by atomic mass is 32.2. The second-order valence-corrected chi connectivity index (χ2v) is 13.6. The Hall–Kier alpha value is -2.62. The number of hydrogen-bond donors (Lipinski definition) is 4. The van der Waals surface area contributed by atoms with E-state index in [1.807, 2.05) is 37.3 Å². The van der Waals surface area contributed by atoms with Crippen molar-refractivity contribution in [1.29, 1.82) is 0 Å². The fraction of sp³-hybridized carbons (Fsp3) is 0.567. The largest absolute Gasteiger partial charge is 0.390 e. The van der Waals surface area contributed by atoms with Gasteiger partial charge in [-0.05, 0) is 88.0 Å². The van der Waals surface area contributed by atoms with Crippen molar-refractivity contribution < 1.29 is 18.3 Å². The van der Waals surface area contributed by atoms with Crippen LogP contribution in [0.15, 0.2) is 48.5 Å². The molecule has 212 valence electrons. The zero-order valence-corrected chi connectivity index (χ0v) is 23.7. The summed E-state index contributed by atoms with van der Waals surface area (Å²) in [5.41, 5.74) is 2.72. The van der Waals surface area contributed by atoms with E-state index in [2.05, 4.69) is 16.0 Å². The number of anilines is 2. The monoisotopic (exact) mass is 554 g/mol. The van der Waals surface area contributed by atoms with Crippen LogP contribution in [-0.2, 0) is 16.4 Å². The van der Waals surface area contributed by atoms with Crippen molar-refractivity contribution in [2.24, 2.45) is 5.92 Å². The molecule has 4 N–H and O–H groups in total. The molecule has 39 heavy (non-hydrogen) atoms. The Balaban J connectivity index is 1.36. The maximum absolute atomic E-state index is 13.7. The van der Waals surface area contributed by atoms with Crippen molar-refractivity contribution in [1.82, 2.24) is 10.6 Å². The minimum atomic E-state index is -3.42. The van der Waals surface area contributed by atoms with E-state index >= 15 is 0 Å². The maximum atomic E-state index is 13.7. The van der Waals surface area contributed by atoms with Crippen LogP contribution in [0.3, 0.4) is 0 Å². The third kappa shape index (κ3) is 6.58. The van der Waals surface area contributed by atoms with E-state index in [0.717, 1.165) is 30.7 Å². The minimum absolute atomic E-state index is 0.112. The number of carbonyl (C=O) groups excluding carboxylic acids is 1. The molecule has 9 heteroatoms. The van der Waals surface area contributed by atoms with Crippen molar-refractivity contribution in [3.63, 3.8) is 0 Å². The smallest absolute Gasteiger partial charge is 0.251 e. The number of carbonyl (C=O) groups is 1. The van der Waals surface area contributed by atoms with Crippen LogP contribution >= 0.6 is 0 Å². The highest BCUT2D eigenvalue weighted by Crippen LogP contribution is 2.47. The number of fused-ring (bicyclic) bond motifs is 2. The molecule has 5 rings (SSSR count). The van der Waals surface area contributed by atoms with Gasteiger partial charge in [0, 0.05) is 36.4 Å². The number of nitrogens with zero attached hydrogens (tertiary/aromatic N) is 1. The number of rotatable bonds is 11. The lowest BCUT2D eigenvalue weighted by Crippen LogP contribution is -2.52. The number of sulfonamides is 1. The molecule has 8 nitrogen and oxygen atoms in total. The van der Waals surface area contributed by atoms with Crippen molar-refractivity contribution in [3.05, 3.63) is 59.7 Å². The van der Waals surface area contributed by atoms with Crippen molar-refractivity contribution in [2.45, 2.75) is 76.0 Å². The van der Waals surface area contributed by atoms with Crippen LogP contribution in [0.5, 0.6) is 0 Å². The maximum Gasteiger partial charge on any atom is 0.251 e. The van der Waals surface area contributed by atoms with Crippen LogP contribution in [0.2, 0.25) is 0 Å². The molecular weight excluding hydrogens is 512 g/mol. The summed E-state index contributed by atoms with van der Waals surface area (Å²) in [4.78, 5) is 13.7. The minimum Gasteiger partial charge on any atom is -0.390 e. The zero-order valence-electron chi connectivity index (χ0n) is 22.9. The summed E-state index contributed by atoms with van der Waals surface area (Å²) >= 11 is 0. The van der Waals surface area contributed by atoms with Gasteiger partial charge in [-0.1, -0.05) is 30.3 Å². The Morgan fingerprint density at radius 2 is 1.90 bits per heavy atom. The number of hydrogen-bond acceptors (Lipinski definition) is 6. The average molecular weight is 555 g/mol. The van der Waals surface area contributed by atoms with Gasteiger partial charge in [0.05, 0.1) is 23.6 Å². The molecule has 3 fully saturated rings. The molecule has 2 atom stereocenters. The number of nitrogens with one attached hydrogen (secondary N) is 3. The van der Waals surface area contributed by atoms with Gasteiger partial charge in [-0.15, -0.1) is 0 Å². The molecule has 0 spiro atoms. The summed E-state index contributed by atoms with van der Waals surface area (Å²) in [6.45, 7) is 3.42. The van der Waals surface area contributed by atoms with Gasteiger partial charge >= 0.3 is 0 Å². The lowest BCUT2D eigenvalue weighted by atomic mass is 9.93. The van der Waals surface area contributed by atoms with Crippen molar-refractivity contribution in [2.75, 3.05) is 35.0 Å². The summed E-state index contributed by atoms with van der Waals surface area (Å²) in [5.74, 6) is 0.585. The standard InChI is InChI=1S/C30H42N4O4S/c1-2-31-25-17-24(18-26(19-25)34-14-6-7-15-39(34,37)38)29(36)33-27(16-22-8-4-3-5-9-22)28(35)21-32-30-12-10-23(20-30)11-13-30/h3-5,8-9,17-19,23,27-28,31-32,35H,2,6-7,10-16,20-21H2,1H3,(H,33,36)/t23?,27-,28+,30?/m0/s1. The van der Waals surface area contributed by atoms with E-state index in [4.69, 9.17) is 0 Å². The Kier molecular flexibility index (Phi) is 8.49. The molecule has 1 saturated heterocycles. The van der Waals surface area contributed by atoms with E-state index in [1.54, 1.807) is 18.2 Å².